The average Bonchev–Trinajstić information content (AvgIpc) is 3.23. The molecule has 4 heterocycles. The fourth-order valence-corrected chi connectivity index (χ4v) is 4.09. The number of likely N-dealkylation sites (tertiary alicyclic amines) is 1. The molecule has 1 saturated heterocycles. The number of carbonyl (C=O) groups excluding carboxylic acids is 2. The first-order valence-corrected chi connectivity index (χ1v) is 10.7. The van der Waals surface area contributed by atoms with Gasteiger partial charge in [-0.2, -0.15) is 0 Å². The van der Waals surface area contributed by atoms with Gasteiger partial charge < -0.3 is 24.8 Å². The van der Waals surface area contributed by atoms with E-state index in [9.17, 15) is 9.59 Å². The van der Waals surface area contributed by atoms with Crippen LogP contribution >= 0.6 is 0 Å². The van der Waals surface area contributed by atoms with Gasteiger partial charge in [0, 0.05) is 50.6 Å². The van der Waals surface area contributed by atoms with E-state index in [4.69, 9.17) is 4.74 Å². The van der Waals surface area contributed by atoms with Crippen LogP contribution in [0.25, 0.3) is 0 Å². The first-order chi connectivity index (χ1) is 14.9. The van der Waals surface area contributed by atoms with Crippen LogP contribution in [0.2, 0.25) is 0 Å². The predicted octanol–water partition coefficient (Wildman–Crippen LogP) is 1.11. The largest absolute Gasteiger partial charge is 0.352 e. The van der Waals surface area contributed by atoms with Gasteiger partial charge in [0.2, 0.25) is 0 Å². The number of hydrogen-bond acceptors (Lipinski definition) is 6. The number of hydrogen-bond donors (Lipinski definition) is 2. The van der Waals surface area contributed by atoms with E-state index in [1.807, 2.05) is 31.5 Å². The Morgan fingerprint density at radius 1 is 1.23 bits per heavy atom. The summed E-state index contributed by atoms with van der Waals surface area (Å²) in [5.74, 6) is 0.631. The number of carbonyl (C=O) groups is 2. The Morgan fingerprint density at radius 2 is 2.00 bits per heavy atom. The third-order valence-corrected chi connectivity index (χ3v) is 5.69. The molecule has 2 N–H and O–H groups in total. The van der Waals surface area contributed by atoms with Crippen molar-refractivity contribution >= 4 is 11.9 Å². The fourth-order valence-electron chi connectivity index (χ4n) is 4.09. The summed E-state index contributed by atoms with van der Waals surface area (Å²) in [5, 5.41) is 5.84. The topological polar surface area (TPSA) is 114 Å². The maximum Gasteiger partial charge on any atom is 0.317 e. The molecule has 2 aliphatic rings. The van der Waals surface area contributed by atoms with E-state index in [0.717, 1.165) is 11.5 Å². The van der Waals surface area contributed by atoms with Crippen LogP contribution < -0.4 is 10.6 Å². The van der Waals surface area contributed by atoms with Crippen molar-refractivity contribution in [3.63, 3.8) is 0 Å². The van der Waals surface area contributed by atoms with Crippen molar-refractivity contribution in [3.05, 3.63) is 42.0 Å². The summed E-state index contributed by atoms with van der Waals surface area (Å²) < 4.78 is 8.38. The number of imidazole rings is 1. The molecule has 3 amide bonds. The molecule has 4 rings (SSSR count). The van der Waals surface area contributed by atoms with Crippen LogP contribution in [-0.2, 0) is 28.2 Å². The molecule has 10 heteroatoms. The molecule has 0 saturated carbocycles. The molecule has 1 spiro atoms. The maximum atomic E-state index is 12.9. The Hall–Kier alpha value is -3.01. The van der Waals surface area contributed by atoms with E-state index in [1.165, 1.54) is 0 Å². The van der Waals surface area contributed by atoms with E-state index >= 15 is 0 Å². The number of ether oxygens (including phenoxy) is 1. The SMILES string of the molecule is Cc1cnc(CNC(=O)[C@@H]2Cn3ccnc3C3(CCN(C(=O)NC(C)C)CC3)O2)cn1. The highest BCUT2D eigenvalue weighted by atomic mass is 16.5. The van der Waals surface area contributed by atoms with Gasteiger partial charge in [-0.15, -0.1) is 0 Å². The number of amides is 3. The Balaban J connectivity index is 1.43. The van der Waals surface area contributed by atoms with Gasteiger partial charge in [-0.25, -0.2) is 9.78 Å². The molecule has 0 unspecified atom stereocenters. The van der Waals surface area contributed by atoms with Gasteiger partial charge in [0.05, 0.1) is 30.7 Å². The molecule has 1 fully saturated rings. The molecule has 2 aromatic rings. The van der Waals surface area contributed by atoms with E-state index in [-0.39, 0.29) is 18.0 Å². The van der Waals surface area contributed by atoms with E-state index in [2.05, 4.69) is 25.6 Å². The van der Waals surface area contributed by atoms with Crippen molar-refractivity contribution in [1.82, 2.24) is 35.1 Å². The maximum absolute atomic E-state index is 12.9. The highest BCUT2D eigenvalue weighted by Crippen LogP contribution is 2.40. The molecule has 0 aliphatic carbocycles. The third-order valence-electron chi connectivity index (χ3n) is 5.69. The van der Waals surface area contributed by atoms with Crippen LogP contribution in [0.3, 0.4) is 0 Å². The minimum absolute atomic E-state index is 0.0718. The number of nitrogens with zero attached hydrogens (tertiary/aromatic N) is 5. The summed E-state index contributed by atoms with van der Waals surface area (Å²) in [5.41, 5.74) is 0.841. The zero-order chi connectivity index (χ0) is 22.0. The second-order valence-electron chi connectivity index (χ2n) is 8.46. The standard InChI is InChI=1S/C21H29N7O3/c1-14(2)26-20(30)27-7-4-21(5-8-27)19-22-6-9-28(19)13-17(31-21)18(29)25-12-16-11-23-15(3)10-24-16/h6,9-11,14,17H,4-5,7-8,12-13H2,1-3H3,(H,25,29)(H,26,30)/t17-/m0/s1. The van der Waals surface area contributed by atoms with Crippen molar-refractivity contribution in [2.75, 3.05) is 13.1 Å². The van der Waals surface area contributed by atoms with Crippen molar-refractivity contribution < 1.29 is 14.3 Å². The lowest BCUT2D eigenvalue weighted by Gasteiger charge is -2.45. The van der Waals surface area contributed by atoms with Gasteiger partial charge in [0.25, 0.3) is 5.91 Å². The molecular weight excluding hydrogens is 398 g/mol. The lowest BCUT2D eigenvalue weighted by atomic mass is 9.88. The molecule has 10 nitrogen and oxygen atoms in total. The van der Waals surface area contributed by atoms with E-state index < -0.39 is 11.7 Å². The Morgan fingerprint density at radius 3 is 2.68 bits per heavy atom. The number of fused-ring (bicyclic) bond motifs is 2. The molecule has 2 aromatic heterocycles. The van der Waals surface area contributed by atoms with Crippen LogP contribution in [-0.4, -0.2) is 61.6 Å². The minimum Gasteiger partial charge on any atom is -0.352 e. The highest BCUT2D eigenvalue weighted by Gasteiger charge is 2.47. The smallest absolute Gasteiger partial charge is 0.317 e. The van der Waals surface area contributed by atoms with Crippen LogP contribution in [0, 0.1) is 6.92 Å². The number of piperidine rings is 1. The second-order valence-corrected chi connectivity index (χ2v) is 8.46. The lowest BCUT2D eigenvalue weighted by molar-refractivity contribution is -0.172. The Bertz CT molecular complexity index is 933. The van der Waals surface area contributed by atoms with Gasteiger partial charge in [-0.05, 0) is 20.8 Å². The first-order valence-electron chi connectivity index (χ1n) is 10.7. The van der Waals surface area contributed by atoms with Gasteiger partial charge in [0.1, 0.15) is 11.4 Å². The summed E-state index contributed by atoms with van der Waals surface area (Å²) in [6.45, 7) is 7.52. The summed E-state index contributed by atoms with van der Waals surface area (Å²) >= 11 is 0. The van der Waals surface area contributed by atoms with Crippen molar-refractivity contribution in [3.8, 4) is 0 Å². The zero-order valence-corrected chi connectivity index (χ0v) is 18.2. The van der Waals surface area contributed by atoms with Gasteiger partial charge >= 0.3 is 6.03 Å². The van der Waals surface area contributed by atoms with E-state index in [1.54, 1.807) is 23.5 Å². The number of urea groups is 1. The van der Waals surface area contributed by atoms with Gasteiger partial charge in [-0.3, -0.25) is 14.8 Å². The van der Waals surface area contributed by atoms with Gasteiger partial charge in [0.15, 0.2) is 6.10 Å². The van der Waals surface area contributed by atoms with Crippen molar-refractivity contribution in [2.45, 2.75) is 64.4 Å². The highest BCUT2D eigenvalue weighted by molar-refractivity contribution is 5.81. The zero-order valence-electron chi connectivity index (χ0n) is 18.2. The normalized spacial score (nSPS) is 19.9. The molecular formula is C21H29N7O3. The monoisotopic (exact) mass is 427 g/mol. The quantitative estimate of drug-likeness (QED) is 0.755. The fraction of sp³-hybridized carbons (Fsp3) is 0.571. The number of rotatable bonds is 4. The minimum atomic E-state index is -0.679. The molecule has 0 radical (unpaired) electrons. The van der Waals surface area contributed by atoms with Crippen molar-refractivity contribution in [1.29, 1.82) is 0 Å². The molecule has 0 bridgehead atoms. The first kappa shape index (κ1) is 21.2. The molecule has 1 atom stereocenters. The van der Waals surface area contributed by atoms with Crippen molar-refractivity contribution in [2.24, 2.45) is 0 Å². The van der Waals surface area contributed by atoms with Crippen LogP contribution in [0.5, 0.6) is 0 Å². The number of aromatic nitrogens is 4. The molecule has 0 aromatic carbocycles. The molecule has 2 aliphatic heterocycles. The van der Waals surface area contributed by atoms with Crippen LogP contribution in [0.15, 0.2) is 24.8 Å². The Labute approximate surface area is 181 Å². The molecule has 166 valence electrons. The Kier molecular flexibility index (Phi) is 5.90. The summed E-state index contributed by atoms with van der Waals surface area (Å²) in [7, 11) is 0. The lowest BCUT2D eigenvalue weighted by Crippen LogP contribution is -2.56. The summed E-state index contributed by atoms with van der Waals surface area (Å²) in [6.07, 6.45) is 7.48. The average molecular weight is 428 g/mol. The van der Waals surface area contributed by atoms with Crippen LogP contribution in [0.1, 0.15) is 43.9 Å². The van der Waals surface area contributed by atoms with E-state index in [0.29, 0.717) is 44.7 Å². The second kappa shape index (κ2) is 8.62. The van der Waals surface area contributed by atoms with Gasteiger partial charge in [-0.1, -0.05) is 0 Å². The van der Waals surface area contributed by atoms with Crippen LogP contribution in [0.4, 0.5) is 4.79 Å². The summed E-state index contributed by atoms with van der Waals surface area (Å²) in [6, 6.07) is 0.0111. The predicted molar refractivity (Wildman–Crippen MR) is 112 cm³/mol. The summed E-state index contributed by atoms with van der Waals surface area (Å²) in [4.78, 5) is 40.1. The third kappa shape index (κ3) is 4.53. The number of nitrogens with one attached hydrogen (secondary N) is 2. The number of aryl methyl sites for hydroxylation is 1. The molecule has 31 heavy (non-hydrogen) atoms.